The van der Waals surface area contributed by atoms with Gasteiger partial charge in [0.2, 0.25) is 10.0 Å². The molecule has 0 radical (unpaired) electrons. The normalized spacial score (nSPS) is 13.0. The van der Waals surface area contributed by atoms with E-state index < -0.39 is 22.0 Å². The highest BCUT2D eigenvalue weighted by Crippen LogP contribution is 2.28. The number of aromatic carboxylic acids is 1. The zero-order valence-electron chi connectivity index (χ0n) is 13.6. The van der Waals surface area contributed by atoms with Crippen LogP contribution in [0.2, 0.25) is 0 Å². The second kappa shape index (κ2) is 6.34. The van der Waals surface area contributed by atoms with E-state index in [2.05, 4.69) is 4.72 Å². The first-order chi connectivity index (χ1) is 11.8. The number of benzene rings is 2. The van der Waals surface area contributed by atoms with E-state index in [1.54, 1.807) is 13.8 Å². The summed E-state index contributed by atoms with van der Waals surface area (Å²) in [5, 5.41) is 11.5. The summed E-state index contributed by atoms with van der Waals surface area (Å²) in [7, 11) is -3.78. The summed E-state index contributed by atoms with van der Waals surface area (Å²) in [6.07, 6.45) is 0. The number of aryl methyl sites for hydroxylation is 1. The van der Waals surface area contributed by atoms with Gasteiger partial charge >= 0.3 is 0 Å². The Balaban J connectivity index is 1.97. The molecule has 0 aliphatic rings. The Kier molecular flexibility index (Phi) is 4.36. The van der Waals surface area contributed by atoms with Crippen LogP contribution < -0.4 is 9.83 Å². The number of hydrogen-bond acceptors (Lipinski definition) is 5. The van der Waals surface area contributed by atoms with Gasteiger partial charge in [-0.3, -0.25) is 0 Å². The van der Waals surface area contributed by atoms with Gasteiger partial charge < -0.3 is 14.3 Å². The predicted molar refractivity (Wildman–Crippen MR) is 90.5 cm³/mol. The summed E-state index contributed by atoms with van der Waals surface area (Å²) in [5.74, 6) is -1.73. The van der Waals surface area contributed by atoms with Crippen molar-refractivity contribution in [2.24, 2.45) is 0 Å². The average molecular weight is 358 g/mol. The number of sulfonamides is 1. The van der Waals surface area contributed by atoms with Gasteiger partial charge in [-0.25, -0.2) is 13.1 Å². The molecule has 1 aromatic heterocycles. The van der Waals surface area contributed by atoms with E-state index in [0.29, 0.717) is 16.5 Å². The second-order valence-corrected chi connectivity index (χ2v) is 7.47. The topological polar surface area (TPSA) is 99.4 Å². The molecular weight excluding hydrogens is 342 g/mol. The molecule has 1 heterocycles. The molecule has 1 N–H and O–H groups in total. The first-order valence-electron chi connectivity index (χ1n) is 7.61. The van der Waals surface area contributed by atoms with Crippen molar-refractivity contribution >= 4 is 27.0 Å². The minimum Gasteiger partial charge on any atom is -0.542 e. The molecule has 130 valence electrons. The fraction of sp³-hybridized carbons (Fsp3) is 0.167. The van der Waals surface area contributed by atoms with Crippen LogP contribution in [-0.2, 0) is 10.0 Å². The molecule has 6 nitrogen and oxygen atoms in total. The van der Waals surface area contributed by atoms with Gasteiger partial charge in [-0.05, 0) is 37.6 Å². The number of furan rings is 1. The molecule has 1 unspecified atom stereocenters. The van der Waals surface area contributed by atoms with E-state index in [4.69, 9.17) is 4.42 Å². The van der Waals surface area contributed by atoms with Crippen LogP contribution in [0.5, 0.6) is 0 Å². The van der Waals surface area contributed by atoms with Gasteiger partial charge in [0.25, 0.3) is 0 Å². The molecule has 0 spiro atoms. The highest BCUT2D eigenvalue weighted by Gasteiger charge is 2.20. The molecule has 7 heteroatoms. The Labute approximate surface area is 145 Å². The van der Waals surface area contributed by atoms with E-state index >= 15 is 0 Å². The predicted octanol–water partition coefficient (Wildman–Crippen LogP) is 2.14. The number of nitrogens with one attached hydrogen (secondary N) is 1. The van der Waals surface area contributed by atoms with Crippen LogP contribution in [0.1, 0.15) is 34.6 Å². The number of carboxylic acids is 1. The van der Waals surface area contributed by atoms with Gasteiger partial charge in [-0.1, -0.05) is 30.3 Å². The molecule has 25 heavy (non-hydrogen) atoms. The van der Waals surface area contributed by atoms with Crippen molar-refractivity contribution in [1.29, 1.82) is 0 Å². The van der Waals surface area contributed by atoms with Crippen LogP contribution in [0.15, 0.2) is 57.8 Å². The van der Waals surface area contributed by atoms with E-state index in [0.717, 1.165) is 5.56 Å². The summed E-state index contributed by atoms with van der Waals surface area (Å²) in [6, 6.07) is 13.0. The lowest BCUT2D eigenvalue weighted by Crippen LogP contribution is -2.26. The van der Waals surface area contributed by atoms with Crippen molar-refractivity contribution in [2.45, 2.75) is 24.8 Å². The molecule has 0 bridgehead atoms. The summed E-state index contributed by atoms with van der Waals surface area (Å²) >= 11 is 0. The third kappa shape index (κ3) is 3.29. The summed E-state index contributed by atoms with van der Waals surface area (Å²) in [6.45, 7) is 3.30. The molecule has 3 rings (SSSR count). The van der Waals surface area contributed by atoms with Crippen LogP contribution in [0.25, 0.3) is 11.0 Å². The maximum absolute atomic E-state index is 12.6. The molecular formula is C18H16NO5S-. The summed E-state index contributed by atoms with van der Waals surface area (Å²) in [5.41, 5.74) is 1.47. The van der Waals surface area contributed by atoms with Crippen molar-refractivity contribution < 1.29 is 22.7 Å². The largest absolute Gasteiger partial charge is 0.542 e. The average Bonchev–Trinajstić information content (AvgIpc) is 2.92. The molecule has 0 fully saturated rings. The minimum absolute atomic E-state index is 0.0385. The number of hydrogen-bond donors (Lipinski definition) is 1. The fourth-order valence-electron chi connectivity index (χ4n) is 2.67. The third-order valence-corrected chi connectivity index (χ3v) is 5.57. The number of rotatable bonds is 5. The Morgan fingerprint density at radius 1 is 1.16 bits per heavy atom. The van der Waals surface area contributed by atoms with E-state index in [-0.39, 0.29) is 10.7 Å². The molecule has 1 atom stereocenters. The number of carboxylic acid groups (broad SMARTS) is 1. The smallest absolute Gasteiger partial charge is 0.241 e. The van der Waals surface area contributed by atoms with Crippen molar-refractivity contribution in [1.82, 2.24) is 4.72 Å². The highest BCUT2D eigenvalue weighted by molar-refractivity contribution is 7.89. The molecule has 0 aliphatic heterocycles. The molecule has 3 aromatic rings. The van der Waals surface area contributed by atoms with Crippen molar-refractivity contribution in [3.8, 4) is 0 Å². The Morgan fingerprint density at radius 2 is 1.84 bits per heavy atom. The van der Waals surface area contributed by atoms with Gasteiger partial charge in [0.15, 0.2) is 5.76 Å². The third-order valence-electron chi connectivity index (χ3n) is 4.03. The van der Waals surface area contributed by atoms with Crippen molar-refractivity contribution in [3.05, 3.63) is 65.4 Å². The Hall–Kier alpha value is -2.64. The van der Waals surface area contributed by atoms with Gasteiger partial charge in [0.1, 0.15) is 11.6 Å². The van der Waals surface area contributed by atoms with Crippen LogP contribution >= 0.6 is 0 Å². The van der Waals surface area contributed by atoms with Gasteiger partial charge in [0.05, 0.1) is 4.90 Å². The molecule has 0 aliphatic carbocycles. The molecule has 2 aromatic carbocycles. The highest BCUT2D eigenvalue weighted by atomic mass is 32.2. The Bertz CT molecular complexity index is 1040. The summed E-state index contributed by atoms with van der Waals surface area (Å²) in [4.78, 5) is 11.1. The maximum atomic E-state index is 12.6. The van der Waals surface area contributed by atoms with Gasteiger partial charge in [-0.15, -0.1) is 0 Å². The Morgan fingerprint density at radius 3 is 2.48 bits per heavy atom. The fourth-order valence-corrected chi connectivity index (χ4v) is 3.93. The van der Waals surface area contributed by atoms with Crippen molar-refractivity contribution in [2.75, 3.05) is 0 Å². The zero-order valence-corrected chi connectivity index (χ0v) is 14.5. The minimum atomic E-state index is -3.78. The van der Waals surface area contributed by atoms with E-state index in [9.17, 15) is 18.3 Å². The maximum Gasteiger partial charge on any atom is 0.241 e. The van der Waals surface area contributed by atoms with Crippen LogP contribution in [0, 0.1) is 6.92 Å². The first kappa shape index (κ1) is 17.2. The second-order valence-electron chi connectivity index (χ2n) is 5.76. The van der Waals surface area contributed by atoms with Gasteiger partial charge in [0, 0.05) is 17.0 Å². The van der Waals surface area contributed by atoms with Gasteiger partial charge in [-0.2, -0.15) is 0 Å². The molecule has 0 saturated carbocycles. The first-order valence-corrected chi connectivity index (χ1v) is 9.09. The lowest BCUT2D eigenvalue weighted by molar-refractivity contribution is -0.257. The lowest BCUT2D eigenvalue weighted by Gasteiger charge is -2.14. The molecule has 0 saturated heterocycles. The summed E-state index contributed by atoms with van der Waals surface area (Å²) < 4.78 is 33.1. The standard InChI is InChI=1S/C18H17NO5S/c1-11-15-10-14(8-9-16(15)24-17(11)18(20)21)25(22,23)19-12(2)13-6-4-3-5-7-13/h3-10,12,19H,1-2H3,(H,20,21)/p-1. The van der Waals surface area contributed by atoms with E-state index in [1.807, 2.05) is 30.3 Å². The van der Waals surface area contributed by atoms with Crippen molar-refractivity contribution in [3.63, 3.8) is 0 Å². The van der Waals surface area contributed by atoms with Crippen LogP contribution in [-0.4, -0.2) is 14.4 Å². The van der Waals surface area contributed by atoms with E-state index in [1.165, 1.54) is 18.2 Å². The SMILES string of the molecule is Cc1c(C(=O)[O-])oc2ccc(S(=O)(=O)NC(C)c3ccccc3)cc12. The molecule has 0 amide bonds. The quantitative estimate of drug-likeness (QED) is 0.753. The monoisotopic (exact) mass is 358 g/mol. The van der Waals surface area contributed by atoms with Crippen LogP contribution in [0.3, 0.4) is 0 Å². The zero-order chi connectivity index (χ0) is 18.2. The number of fused-ring (bicyclic) bond motifs is 1. The number of carbonyl (C=O) groups is 1. The van der Waals surface area contributed by atoms with Crippen LogP contribution in [0.4, 0.5) is 0 Å². The lowest BCUT2D eigenvalue weighted by atomic mass is 10.1. The number of carbonyl (C=O) groups excluding carboxylic acids is 1.